The highest BCUT2D eigenvalue weighted by Gasteiger charge is 2.66. The summed E-state index contributed by atoms with van der Waals surface area (Å²) in [5.74, 6) is -1.99. The molecule has 0 saturated heterocycles. The van der Waals surface area contributed by atoms with Crippen LogP contribution in [-0.4, -0.2) is 29.0 Å². The van der Waals surface area contributed by atoms with Crippen molar-refractivity contribution in [1.82, 2.24) is 9.78 Å². The van der Waals surface area contributed by atoms with Crippen molar-refractivity contribution in [2.45, 2.75) is 29.8 Å². The molecule has 0 radical (unpaired) electrons. The molecule has 1 aliphatic rings. The fourth-order valence-electron chi connectivity index (χ4n) is 3.96. The van der Waals surface area contributed by atoms with E-state index in [1.807, 2.05) is 0 Å². The van der Waals surface area contributed by atoms with Crippen molar-refractivity contribution >= 4 is 51.3 Å². The number of benzene rings is 2. The second kappa shape index (κ2) is 9.22. The number of aromatic nitrogens is 2. The summed E-state index contributed by atoms with van der Waals surface area (Å²) in [5, 5.41) is 14.0. The molecule has 1 N–H and O–H groups in total. The maximum absolute atomic E-state index is 13.9. The van der Waals surface area contributed by atoms with Crippen molar-refractivity contribution in [2.24, 2.45) is 0 Å². The van der Waals surface area contributed by atoms with Crippen molar-refractivity contribution in [1.29, 1.82) is 5.26 Å². The van der Waals surface area contributed by atoms with Crippen LogP contribution in [-0.2, 0) is 26.3 Å². The molecular formula is C23H16Cl2F6N4O4S. The Morgan fingerprint density at radius 1 is 1.15 bits per heavy atom. The maximum atomic E-state index is 13.9. The Hall–Kier alpha value is -3.61. The Labute approximate surface area is 232 Å². The number of carbonyl (C=O) groups excluding carboxylic acids is 2. The van der Waals surface area contributed by atoms with Crippen LogP contribution in [0.2, 0.25) is 10.0 Å². The standard InChI is InChI=1S/C23H16Cl2F6N4O4S/c1-38-21(36)23(6-7-23)18-17(10-32)34-35(19-14(24)8-13(9-15(19)25)40(27,28,29,30)31)20(18)33-22(37)39-11-12-4-2-3-5-16(12)26/h2-5,8-9H,6-7,11H2,1H3,(H,33,37). The minimum Gasteiger partial charge on any atom is -0.468 e. The van der Waals surface area contributed by atoms with Gasteiger partial charge in [-0.1, -0.05) is 60.8 Å². The highest BCUT2D eigenvalue weighted by Crippen LogP contribution is 3.02. The number of methoxy groups -OCH3 is 1. The van der Waals surface area contributed by atoms with Crippen LogP contribution in [0.4, 0.5) is 34.4 Å². The van der Waals surface area contributed by atoms with Gasteiger partial charge in [-0.15, -0.1) is 0 Å². The molecule has 0 spiro atoms. The lowest BCUT2D eigenvalue weighted by atomic mass is 9.95. The topological polar surface area (TPSA) is 106 Å². The fraction of sp³-hybridized carbons (Fsp3) is 0.217. The molecular weight excluding hydrogens is 613 g/mol. The number of nitrogens with zero attached hydrogens (tertiary/aromatic N) is 3. The molecule has 214 valence electrons. The van der Waals surface area contributed by atoms with Gasteiger partial charge in [-0.3, -0.25) is 10.1 Å². The lowest BCUT2D eigenvalue weighted by molar-refractivity contribution is -0.143. The molecule has 1 amide bonds. The quantitative estimate of drug-likeness (QED) is 0.211. The van der Waals surface area contributed by atoms with E-state index in [9.17, 15) is 38.7 Å². The summed E-state index contributed by atoms with van der Waals surface area (Å²) in [6.07, 6.45) is -1.00. The first-order valence-corrected chi connectivity index (χ1v) is 13.7. The van der Waals surface area contributed by atoms with E-state index in [4.69, 9.17) is 32.7 Å². The van der Waals surface area contributed by atoms with Gasteiger partial charge >= 0.3 is 22.3 Å². The molecule has 1 heterocycles. The Bertz CT molecular complexity index is 1580. The maximum Gasteiger partial charge on any atom is 0.413 e. The number of carbonyl (C=O) groups is 2. The van der Waals surface area contributed by atoms with E-state index in [-0.39, 0.29) is 36.1 Å². The Kier molecular flexibility index (Phi) is 6.77. The molecule has 17 heteroatoms. The predicted molar refractivity (Wildman–Crippen MR) is 133 cm³/mol. The average molecular weight is 629 g/mol. The van der Waals surface area contributed by atoms with Gasteiger partial charge in [0.25, 0.3) is 0 Å². The normalized spacial score (nSPS) is 15.8. The van der Waals surface area contributed by atoms with Gasteiger partial charge in [-0.25, -0.2) is 13.9 Å². The lowest BCUT2D eigenvalue weighted by Crippen LogP contribution is -2.25. The fourth-order valence-corrected chi connectivity index (χ4v) is 5.42. The largest absolute Gasteiger partial charge is 0.468 e. The number of hydrogen-bond acceptors (Lipinski definition) is 6. The van der Waals surface area contributed by atoms with Gasteiger partial charge in [0.15, 0.2) is 5.69 Å². The monoisotopic (exact) mass is 628 g/mol. The number of esters is 1. The number of anilines is 1. The molecule has 0 bridgehead atoms. The molecule has 0 aliphatic heterocycles. The van der Waals surface area contributed by atoms with Crippen molar-refractivity contribution in [3.8, 4) is 11.8 Å². The third-order valence-corrected chi connectivity index (χ3v) is 7.68. The third kappa shape index (κ3) is 5.51. The van der Waals surface area contributed by atoms with Crippen molar-refractivity contribution < 1.29 is 42.9 Å². The average Bonchev–Trinajstić information content (AvgIpc) is 3.58. The molecule has 0 atom stereocenters. The van der Waals surface area contributed by atoms with Gasteiger partial charge in [-0.2, -0.15) is 10.4 Å². The lowest BCUT2D eigenvalue weighted by Gasteiger charge is -2.40. The van der Waals surface area contributed by atoms with Crippen LogP contribution in [0.25, 0.3) is 5.69 Å². The zero-order chi connectivity index (χ0) is 29.7. The van der Waals surface area contributed by atoms with E-state index in [1.54, 1.807) is 6.07 Å². The minimum absolute atomic E-state index is 0.00464. The Morgan fingerprint density at radius 2 is 1.75 bits per heavy atom. The molecule has 0 unspecified atom stereocenters. The van der Waals surface area contributed by atoms with Gasteiger partial charge in [0.1, 0.15) is 34.9 Å². The summed E-state index contributed by atoms with van der Waals surface area (Å²) in [7, 11) is -9.15. The molecule has 4 rings (SSSR count). The number of halogens is 8. The third-order valence-electron chi connectivity index (χ3n) is 5.98. The van der Waals surface area contributed by atoms with Gasteiger partial charge in [0.05, 0.1) is 28.1 Å². The zero-order valence-electron chi connectivity index (χ0n) is 20.0. The van der Waals surface area contributed by atoms with Gasteiger partial charge in [0, 0.05) is 5.56 Å². The second-order valence-electron chi connectivity index (χ2n) is 8.67. The van der Waals surface area contributed by atoms with E-state index in [0.29, 0.717) is 4.68 Å². The van der Waals surface area contributed by atoms with Crippen LogP contribution in [0.1, 0.15) is 29.7 Å². The second-order valence-corrected chi connectivity index (χ2v) is 11.9. The van der Waals surface area contributed by atoms with Crippen LogP contribution in [0.15, 0.2) is 41.3 Å². The van der Waals surface area contributed by atoms with Crippen molar-refractivity contribution in [3.05, 3.63) is 69.1 Å². The van der Waals surface area contributed by atoms with Crippen LogP contribution < -0.4 is 5.32 Å². The molecule has 1 aromatic heterocycles. The van der Waals surface area contributed by atoms with Crippen LogP contribution in [0, 0.1) is 17.1 Å². The van der Waals surface area contributed by atoms with Crippen molar-refractivity contribution in [2.75, 3.05) is 12.4 Å². The first kappa shape index (κ1) is 29.4. The molecule has 1 fully saturated rings. The highest BCUT2D eigenvalue weighted by atomic mass is 35.5. The summed E-state index contributed by atoms with van der Waals surface area (Å²) in [6, 6.07) is 6.91. The number of rotatable bonds is 7. The number of nitriles is 1. The number of amides is 1. The molecule has 1 aliphatic carbocycles. The van der Waals surface area contributed by atoms with E-state index >= 15 is 0 Å². The van der Waals surface area contributed by atoms with E-state index in [0.717, 1.165) is 13.2 Å². The van der Waals surface area contributed by atoms with Crippen LogP contribution >= 0.6 is 33.4 Å². The smallest absolute Gasteiger partial charge is 0.413 e. The number of hydrogen-bond donors (Lipinski definition) is 1. The zero-order valence-corrected chi connectivity index (χ0v) is 22.3. The highest BCUT2D eigenvalue weighted by molar-refractivity contribution is 8.45. The number of nitrogens with one attached hydrogen (secondary N) is 1. The van der Waals surface area contributed by atoms with E-state index in [2.05, 4.69) is 10.4 Å². The summed E-state index contributed by atoms with van der Waals surface area (Å²) >= 11 is 11.9. The first-order valence-electron chi connectivity index (χ1n) is 10.9. The van der Waals surface area contributed by atoms with E-state index < -0.39 is 72.3 Å². The predicted octanol–water partition coefficient (Wildman–Crippen LogP) is 7.80. The summed E-state index contributed by atoms with van der Waals surface area (Å²) < 4.78 is 91.6. The summed E-state index contributed by atoms with van der Waals surface area (Å²) in [4.78, 5) is 23.0. The minimum atomic E-state index is -10.2. The molecule has 2 aromatic carbocycles. The molecule has 1 saturated carbocycles. The Morgan fingerprint density at radius 3 is 2.25 bits per heavy atom. The molecule has 40 heavy (non-hydrogen) atoms. The van der Waals surface area contributed by atoms with Crippen molar-refractivity contribution in [3.63, 3.8) is 0 Å². The van der Waals surface area contributed by atoms with E-state index in [1.165, 1.54) is 18.2 Å². The molecule has 8 nitrogen and oxygen atoms in total. The summed E-state index contributed by atoms with van der Waals surface area (Å²) in [6.45, 7) is -0.560. The van der Waals surface area contributed by atoms with Crippen LogP contribution in [0.3, 0.4) is 0 Å². The van der Waals surface area contributed by atoms with Gasteiger partial charge in [-0.05, 0) is 31.0 Å². The van der Waals surface area contributed by atoms with Crippen LogP contribution in [0.5, 0.6) is 0 Å². The molecule has 3 aromatic rings. The number of ether oxygens (including phenoxy) is 2. The first-order chi connectivity index (χ1) is 18.4. The van der Waals surface area contributed by atoms with Gasteiger partial charge in [0.2, 0.25) is 0 Å². The SMILES string of the molecule is COC(=O)C1(c2c(C#N)nn(-c3c(Cl)cc(S(F)(F)(F)(F)F)cc3Cl)c2NC(=O)OCc2ccccc2F)CC1. The summed E-state index contributed by atoms with van der Waals surface area (Å²) in [5.41, 5.74) is -2.80. The van der Waals surface area contributed by atoms with Gasteiger partial charge < -0.3 is 9.47 Å². The Balaban J connectivity index is 1.86.